The van der Waals surface area contributed by atoms with Crippen molar-refractivity contribution < 1.29 is 14.6 Å². The van der Waals surface area contributed by atoms with Crippen molar-refractivity contribution in [2.24, 2.45) is 0 Å². The number of carboxylic acid groups (broad SMARTS) is 1. The van der Waals surface area contributed by atoms with Crippen LogP contribution in [0.1, 0.15) is 12.5 Å². The average Bonchev–Trinajstić information content (AvgIpc) is 2.17. The summed E-state index contributed by atoms with van der Waals surface area (Å²) in [7, 11) is 0. The molecule has 1 N–H and O–H groups in total. The van der Waals surface area contributed by atoms with Crippen LogP contribution in [0.4, 0.5) is 0 Å². The molecule has 0 atom stereocenters. The molecule has 3 nitrogen and oxygen atoms in total. The topological polar surface area (TPSA) is 46.5 Å². The lowest BCUT2D eigenvalue weighted by atomic mass is 10.2. The van der Waals surface area contributed by atoms with Gasteiger partial charge in [0.1, 0.15) is 5.75 Å². The van der Waals surface area contributed by atoms with E-state index in [1.54, 1.807) is 0 Å². The van der Waals surface area contributed by atoms with E-state index in [-0.39, 0.29) is 0 Å². The Morgan fingerprint density at radius 2 is 2.21 bits per heavy atom. The quantitative estimate of drug-likeness (QED) is 0.744. The molecular formula is C11H12O3. The molecule has 0 aliphatic heterocycles. The maximum absolute atomic E-state index is 10.3. The molecule has 0 saturated heterocycles. The minimum atomic E-state index is -0.962. The average molecular weight is 192 g/mol. The molecule has 3 heteroatoms. The summed E-state index contributed by atoms with van der Waals surface area (Å²) >= 11 is 0. The molecule has 1 rings (SSSR count). The van der Waals surface area contributed by atoms with Gasteiger partial charge in [-0.1, -0.05) is 18.2 Å². The van der Waals surface area contributed by atoms with E-state index in [0.29, 0.717) is 12.4 Å². The van der Waals surface area contributed by atoms with Crippen LogP contribution in [0.2, 0.25) is 0 Å². The highest BCUT2D eigenvalue weighted by Gasteiger charge is 1.98. The van der Waals surface area contributed by atoms with Gasteiger partial charge in [-0.15, -0.1) is 0 Å². The molecule has 0 saturated carbocycles. The van der Waals surface area contributed by atoms with Crippen molar-refractivity contribution in [3.05, 3.63) is 35.9 Å². The predicted molar refractivity (Wildman–Crippen MR) is 54.3 cm³/mol. The Bertz CT molecular complexity index is 342. The summed E-state index contributed by atoms with van der Waals surface area (Å²) in [5, 5.41) is 8.47. The molecule has 0 spiro atoms. The van der Waals surface area contributed by atoms with Crippen molar-refractivity contribution in [2.75, 3.05) is 6.61 Å². The van der Waals surface area contributed by atoms with Crippen molar-refractivity contribution in [2.45, 2.75) is 6.92 Å². The monoisotopic (exact) mass is 192 g/mol. The third kappa shape index (κ3) is 2.94. The number of benzene rings is 1. The Morgan fingerprint density at radius 3 is 2.86 bits per heavy atom. The predicted octanol–water partition coefficient (Wildman–Crippen LogP) is 2.18. The molecule has 0 fully saturated rings. The van der Waals surface area contributed by atoms with E-state index in [4.69, 9.17) is 9.84 Å². The van der Waals surface area contributed by atoms with Crippen LogP contribution in [-0.4, -0.2) is 17.7 Å². The van der Waals surface area contributed by atoms with Gasteiger partial charge in [0.05, 0.1) is 6.61 Å². The van der Waals surface area contributed by atoms with Crippen LogP contribution in [0.25, 0.3) is 6.08 Å². The Balaban J connectivity index is 2.89. The third-order valence-electron chi connectivity index (χ3n) is 1.62. The van der Waals surface area contributed by atoms with Crippen LogP contribution < -0.4 is 4.74 Å². The van der Waals surface area contributed by atoms with Crippen molar-refractivity contribution in [3.63, 3.8) is 0 Å². The highest BCUT2D eigenvalue weighted by Crippen LogP contribution is 2.19. The van der Waals surface area contributed by atoms with E-state index in [1.807, 2.05) is 31.2 Å². The summed E-state index contributed by atoms with van der Waals surface area (Å²) in [6.07, 6.45) is 2.62. The molecule has 14 heavy (non-hydrogen) atoms. The number of carbonyl (C=O) groups is 1. The number of hydrogen-bond acceptors (Lipinski definition) is 2. The second-order valence-corrected chi connectivity index (χ2v) is 2.64. The van der Waals surface area contributed by atoms with Gasteiger partial charge in [-0.2, -0.15) is 0 Å². The van der Waals surface area contributed by atoms with Crippen LogP contribution in [0.5, 0.6) is 5.75 Å². The minimum Gasteiger partial charge on any atom is -0.493 e. The van der Waals surface area contributed by atoms with Gasteiger partial charge in [-0.25, -0.2) is 4.79 Å². The summed E-state index contributed by atoms with van der Waals surface area (Å²) in [5.41, 5.74) is 0.775. The number of carboxylic acids is 1. The minimum absolute atomic E-state index is 0.567. The molecular weight excluding hydrogens is 180 g/mol. The number of para-hydroxylation sites is 1. The van der Waals surface area contributed by atoms with Crippen LogP contribution in [0.3, 0.4) is 0 Å². The molecule has 74 valence electrons. The van der Waals surface area contributed by atoms with Crippen molar-refractivity contribution >= 4 is 12.0 Å². The third-order valence-corrected chi connectivity index (χ3v) is 1.62. The molecule has 0 heterocycles. The van der Waals surface area contributed by atoms with Crippen molar-refractivity contribution in [1.82, 2.24) is 0 Å². The Morgan fingerprint density at radius 1 is 1.50 bits per heavy atom. The summed E-state index contributed by atoms with van der Waals surface area (Å²) in [5.74, 6) is -0.260. The molecule has 0 aliphatic carbocycles. The van der Waals surface area contributed by atoms with Gasteiger partial charge < -0.3 is 9.84 Å². The molecule has 1 aromatic carbocycles. The van der Waals surface area contributed by atoms with Gasteiger partial charge in [-0.05, 0) is 19.1 Å². The smallest absolute Gasteiger partial charge is 0.328 e. The maximum Gasteiger partial charge on any atom is 0.328 e. The fraction of sp³-hybridized carbons (Fsp3) is 0.182. The fourth-order valence-corrected chi connectivity index (χ4v) is 1.07. The first-order valence-corrected chi connectivity index (χ1v) is 4.37. The zero-order valence-electron chi connectivity index (χ0n) is 7.93. The SMILES string of the molecule is CCOc1ccccc1/C=C\C(=O)O. The summed E-state index contributed by atoms with van der Waals surface area (Å²) in [6.45, 7) is 2.45. The van der Waals surface area contributed by atoms with Gasteiger partial charge >= 0.3 is 5.97 Å². The molecule has 0 aromatic heterocycles. The largest absolute Gasteiger partial charge is 0.493 e. The standard InChI is InChI=1S/C11H12O3/c1-2-14-10-6-4-3-5-9(10)7-8-11(12)13/h3-8H,2H2,1H3,(H,12,13)/b8-7-. The van der Waals surface area contributed by atoms with Crippen LogP contribution in [0.15, 0.2) is 30.3 Å². The van der Waals surface area contributed by atoms with Crippen LogP contribution in [-0.2, 0) is 4.79 Å². The lowest BCUT2D eigenvalue weighted by molar-refractivity contribution is -0.131. The maximum atomic E-state index is 10.3. The van der Waals surface area contributed by atoms with E-state index >= 15 is 0 Å². The normalized spacial score (nSPS) is 10.4. The van der Waals surface area contributed by atoms with Crippen molar-refractivity contribution in [3.8, 4) is 5.75 Å². The first-order valence-electron chi connectivity index (χ1n) is 4.37. The zero-order chi connectivity index (χ0) is 10.4. The van der Waals surface area contributed by atoms with Gasteiger partial charge in [0, 0.05) is 11.6 Å². The fourth-order valence-electron chi connectivity index (χ4n) is 1.07. The van der Waals surface area contributed by atoms with Gasteiger partial charge in [0.15, 0.2) is 0 Å². The highest BCUT2D eigenvalue weighted by molar-refractivity contribution is 5.85. The van der Waals surface area contributed by atoms with E-state index in [0.717, 1.165) is 11.6 Å². The second kappa shape index (κ2) is 5.07. The van der Waals surface area contributed by atoms with Gasteiger partial charge in [0.25, 0.3) is 0 Å². The lowest BCUT2D eigenvalue weighted by Crippen LogP contribution is -1.93. The second-order valence-electron chi connectivity index (χ2n) is 2.64. The first kappa shape index (κ1) is 10.3. The number of hydrogen-bond donors (Lipinski definition) is 1. The molecule has 0 unspecified atom stereocenters. The Kier molecular flexibility index (Phi) is 3.73. The zero-order valence-corrected chi connectivity index (χ0v) is 7.93. The number of aliphatic carboxylic acids is 1. The van der Waals surface area contributed by atoms with E-state index < -0.39 is 5.97 Å². The van der Waals surface area contributed by atoms with Crippen LogP contribution in [0, 0.1) is 0 Å². The Labute approximate surface area is 82.6 Å². The Hall–Kier alpha value is -1.77. The first-order chi connectivity index (χ1) is 6.74. The highest BCUT2D eigenvalue weighted by atomic mass is 16.5. The summed E-state index contributed by atoms with van der Waals surface area (Å²) in [6, 6.07) is 7.31. The molecule has 0 aliphatic rings. The molecule has 0 amide bonds. The lowest BCUT2D eigenvalue weighted by Gasteiger charge is -2.05. The van der Waals surface area contributed by atoms with E-state index in [9.17, 15) is 4.79 Å². The van der Waals surface area contributed by atoms with E-state index in [1.165, 1.54) is 6.08 Å². The summed E-state index contributed by atoms with van der Waals surface area (Å²) in [4.78, 5) is 10.3. The van der Waals surface area contributed by atoms with Crippen LogP contribution >= 0.6 is 0 Å². The van der Waals surface area contributed by atoms with Gasteiger partial charge in [-0.3, -0.25) is 0 Å². The van der Waals surface area contributed by atoms with Crippen molar-refractivity contribution in [1.29, 1.82) is 0 Å². The van der Waals surface area contributed by atoms with E-state index in [2.05, 4.69) is 0 Å². The number of ether oxygens (including phenoxy) is 1. The molecule has 0 bridgehead atoms. The van der Waals surface area contributed by atoms with Gasteiger partial charge in [0.2, 0.25) is 0 Å². The summed E-state index contributed by atoms with van der Waals surface area (Å²) < 4.78 is 5.33. The molecule has 0 radical (unpaired) electrons. The molecule has 1 aromatic rings. The number of rotatable bonds is 4.